The third-order valence-electron chi connectivity index (χ3n) is 4.38. The predicted molar refractivity (Wildman–Crippen MR) is 113 cm³/mol. The van der Waals surface area contributed by atoms with Crippen LogP contribution in [0.2, 0.25) is 0 Å². The van der Waals surface area contributed by atoms with Gasteiger partial charge in [-0.25, -0.2) is 14.8 Å². The Hall–Kier alpha value is -3.46. The molecule has 9 heteroatoms. The van der Waals surface area contributed by atoms with Crippen molar-refractivity contribution in [2.24, 2.45) is 0 Å². The van der Waals surface area contributed by atoms with E-state index in [-0.39, 0.29) is 5.56 Å². The fourth-order valence-corrected chi connectivity index (χ4v) is 3.80. The molecule has 2 aromatic carbocycles. The molecule has 0 bridgehead atoms. The smallest absolute Gasteiger partial charge is 0.339 e. The molecule has 4 rings (SSSR count). The average Bonchev–Trinajstić information content (AvgIpc) is 3.37. The molecule has 0 saturated carbocycles. The molecule has 4 aromatic rings. The highest BCUT2D eigenvalue weighted by molar-refractivity contribution is 7.22. The Bertz CT molecular complexity index is 1220. The zero-order valence-corrected chi connectivity index (χ0v) is 17.2. The highest BCUT2D eigenvalue weighted by atomic mass is 32.1. The lowest BCUT2D eigenvalue weighted by atomic mass is 10.2. The van der Waals surface area contributed by atoms with Crippen LogP contribution in [0, 0.1) is 0 Å². The Morgan fingerprint density at radius 2 is 2.00 bits per heavy atom. The van der Waals surface area contributed by atoms with Gasteiger partial charge in [0.25, 0.3) is 5.91 Å². The van der Waals surface area contributed by atoms with Crippen molar-refractivity contribution in [1.29, 1.82) is 0 Å². The summed E-state index contributed by atoms with van der Waals surface area (Å²) in [6.07, 6.45) is 0.674. The van der Waals surface area contributed by atoms with Crippen LogP contribution in [0.5, 0.6) is 5.75 Å². The van der Waals surface area contributed by atoms with Crippen molar-refractivity contribution in [3.05, 3.63) is 48.4 Å². The summed E-state index contributed by atoms with van der Waals surface area (Å²) in [5.41, 5.74) is 2.15. The number of aromatic nitrogens is 2. The van der Waals surface area contributed by atoms with E-state index < -0.39 is 18.0 Å². The Labute approximate surface area is 175 Å². The molecule has 1 N–H and O–H groups in total. The van der Waals surface area contributed by atoms with E-state index in [4.69, 9.17) is 13.9 Å². The summed E-state index contributed by atoms with van der Waals surface area (Å²) in [7, 11) is 0. The minimum Gasteiger partial charge on any atom is -0.494 e. The number of benzene rings is 2. The van der Waals surface area contributed by atoms with Crippen molar-refractivity contribution in [2.45, 2.75) is 26.4 Å². The molecule has 0 aliphatic heterocycles. The number of oxazole rings is 1. The van der Waals surface area contributed by atoms with Crippen molar-refractivity contribution in [3.63, 3.8) is 0 Å². The third kappa shape index (κ3) is 4.11. The topological polar surface area (TPSA) is 104 Å². The Morgan fingerprint density at radius 1 is 1.17 bits per heavy atom. The first-order valence-corrected chi connectivity index (χ1v) is 10.3. The van der Waals surface area contributed by atoms with E-state index in [1.165, 1.54) is 17.7 Å². The molecule has 1 atom stereocenters. The van der Waals surface area contributed by atoms with E-state index in [0.29, 0.717) is 29.3 Å². The minimum absolute atomic E-state index is 0.286. The average molecular weight is 425 g/mol. The maximum atomic E-state index is 12.7. The number of hydrogen-bond donors (Lipinski definition) is 1. The lowest BCUT2D eigenvalue weighted by molar-refractivity contribution is -0.124. The van der Waals surface area contributed by atoms with Crippen molar-refractivity contribution in [2.75, 3.05) is 11.9 Å². The Morgan fingerprint density at radius 3 is 2.80 bits per heavy atom. The quantitative estimate of drug-likeness (QED) is 0.437. The van der Waals surface area contributed by atoms with Crippen LogP contribution in [0.25, 0.3) is 21.3 Å². The highest BCUT2D eigenvalue weighted by Gasteiger charge is 2.23. The SMILES string of the molecule is CCOc1ccc2nc(NC(=O)C(CC)OC(=O)c3ccc4ncoc4c3)sc2c1. The number of thiazole rings is 1. The number of carbonyl (C=O) groups excluding carboxylic acids is 2. The maximum absolute atomic E-state index is 12.7. The molecule has 0 radical (unpaired) electrons. The minimum atomic E-state index is -0.950. The first-order valence-electron chi connectivity index (χ1n) is 9.46. The maximum Gasteiger partial charge on any atom is 0.339 e. The molecule has 1 amide bonds. The van der Waals surface area contributed by atoms with Gasteiger partial charge in [-0.1, -0.05) is 18.3 Å². The van der Waals surface area contributed by atoms with Gasteiger partial charge in [-0.2, -0.15) is 0 Å². The standard InChI is InChI=1S/C21H19N3O5S/c1-3-16(29-20(26)12-5-7-14-17(9-12)28-11-22-14)19(25)24-21-23-15-8-6-13(27-4-2)10-18(15)30-21/h5-11,16H,3-4H2,1-2H3,(H,23,24,25). The van der Waals surface area contributed by atoms with Crippen LogP contribution < -0.4 is 10.1 Å². The number of anilines is 1. The number of carbonyl (C=O) groups is 2. The number of nitrogens with one attached hydrogen (secondary N) is 1. The van der Waals surface area contributed by atoms with Crippen LogP contribution in [-0.4, -0.2) is 34.6 Å². The summed E-state index contributed by atoms with van der Waals surface area (Å²) < 4.78 is 17.0. The van der Waals surface area contributed by atoms with E-state index in [9.17, 15) is 9.59 Å². The van der Waals surface area contributed by atoms with Gasteiger partial charge in [0.1, 0.15) is 11.3 Å². The Kier molecular flexibility index (Phi) is 5.62. The molecule has 154 valence electrons. The molecule has 2 aromatic heterocycles. The van der Waals surface area contributed by atoms with Gasteiger partial charge in [0.2, 0.25) is 0 Å². The van der Waals surface area contributed by atoms with Crippen LogP contribution in [0.1, 0.15) is 30.6 Å². The molecule has 30 heavy (non-hydrogen) atoms. The predicted octanol–water partition coefficient (Wildman–Crippen LogP) is 4.41. The van der Waals surface area contributed by atoms with Gasteiger partial charge >= 0.3 is 5.97 Å². The van der Waals surface area contributed by atoms with E-state index >= 15 is 0 Å². The number of rotatable bonds is 7. The second kappa shape index (κ2) is 8.50. The summed E-state index contributed by atoms with van der Waals surface area (Å²) in [6, 6.07) is 10.3. The number of hydrogen-bond acceptors (Lipinski definition) is 8. The molecule has 0 spiro atoms. The lowest BCUT2D eigenvalue weighted by Gasteiger charge is -2.15. The van der Waals surface area contributed by atoms with Gasteiger partial charge in [-0.3, -0.25) is 10.1 Å². The summed E-state index contributed by atoms with van der Waals surface area (Å²) in [5, 5.41) is 3.17. The van der Waals surface area contributed by atoms with Crippen molar-refractivity contribution >= 4 is 49.7 Å². The number of fused-ring (bicyclic) bond motifs is 2. The van der Waals surface area contributed by atoms with Crippen molar-refractivity contribution < 1.29 is 23.5 Å². The van der Waals surface area contributed by atoms with Crippen LogP contribution in [0.4, 0.5) is 5.13 Å². The number of esters is 1. The monoisotopic (exact) mass is 425 g/mol. The summed E-state index contributed by atoms with van der Waals surface area (Å²) in [6.45, 7) is 4.25. The van der Waals surface area contributed by atoms with Crippen molar-refractivity contribution in [1.82, 2.24) is 9.97 Å². The summed E-state index contributed by atoms with van der Waals surface area (Å²) in [4.78, 5) is 33.6. The van der Waals surface area contributed by atoms with Crippen LogP contribution in [0.15, 0.2) is 47.2 Å². The van der Waals surface area contributed by atoms with Crippen LogP contribution >= 0.6 is 11.3 Å². The highest BCUT2D eigenvalue weighted by Crippen LogP contribution is 2.29. The Balaban J connectivity index is 1.45. The van der Waals surface area contributed by atoms with E-state index in [0.717, 1.165) is 16.0 Å². The molecule has 8 nitrogen and oxygen atoms in total. The number of ether oxygens (including phenoxy) is 2. The number of amides is 1. The largest absolute Gasteiger partial charge is 0.494 e. The first kappa shape index (κ1) is 19.8. The van der Waals surface area contributed by atoms with Crippen LogP contribution in [0.3, 0.4) is 0 Å². The van der Waals surface area contributed by atoms with E-state index in [1.54, 1.807) is 25.1 Å². The molecule has 0 aliphatic rings. The molecule has 0 saturated heterocycles. The van der Waals surface area contributed by atoms with E-state index in [2.05, 4.69) is 15.3 Å². The molecule has 2 heterocycles. The summed E-state index contributed by atoms with van der Waals surface area (Å²) in [5.74, 6) is -0.299. The van der Waals surface area contributed by atoms with Crippen LogP contribution in [-0.2, 0) is 9.53 Å². The van der Waals surface area contributed by atoms with Gasteiger partial charge < -0.3 is 13.9 Å². The zero-order chi connectivity index (χ0) is 21.1. The molecular formula is C21H19N3O5S. The summed E-state index contributed by atoms with van der Waals surface area (Å²) >= 11 is 1.33. The van der Waals surface area contributed by atoms with E-state index in [1.807, 2.05) is 25.1 Å². The fraction of sp³-hybridized carbons (Fsp3) is 0.238. The second-order valence-electron chi connectivity index (χ2n) is 6.41. The van der Waals surface area contributed by atoms with Gasteiger partial charge in [0.05, 0.1) is 22.4 Å². The zero-order valence-electron chi connectivity index (χ0n) is 16.4. The molecule has 0 fully saturated rings. The molecule has 1 unspecified atom stereocenters. The normalized spacial score (nSPS) is 12.1. The lowest BCUT2D eigenvalue weighted by Crippen LogP contribution is -2.32. The first-order chi connectivity index (χ1) is 14.6. The van der Waals surface area contributed by atoms with Gasteiger partial charge in [-0.05, 0) is 49.7 Å². The van der Waals surface area contributed by atoms with Gasteiger partial charge in [0.15, 0.2) is 23.2 Å². The molecule has 0 aliphatic carbocycles. The third-order valence-corrected chi connectivity index (χ3v) is 5.31. The van der Waals surface area contributed by atoms with Gasteiger partial charge in [-0.15, -0.1) is 0 Å². The molecular weight excluding hydrogens is 406 g/mol. The fourth-order valence-electron chi connectivity index (χ4n) is 2.90. The van der Waals surface area contributed by atoms with Gasteiger partial charge in [0, 0.05) is 0 Å². The van der Waals surface area contributed by atoms with Crippen molar-refractivity contribution in [3.8, 4) is 5.75 Å². The second-order valence-corrected chi connectivity index (χ2v) is 7.44. The number of nitrogens with zero attached hydrogens (tertiary/aromatic N) is 2.